The summed E-state index contributed by atoms with van der Waals surface area (Å²) in [5.41, 5.74) is 10.8. The number of ether oxygens (including phenoxy) is 2. The second-order valence-electron chi connectivity index (χ2n) is 12.4. The molecule has 1 saturated carbocycles. The molecule has 2 aromatic rings. The van der Waals surface area contributed by atoms with E-state index in [0.717, 1.165) is 35.3 Å². The molecule has 3 aliphatic rings. The topological polar surface area (TPSA) is 68.0 Å². The number of likely N-dealkylation sites (tertiary alicyclic amines) is 1. The van der Waals surface area contributed by atoms with Crippen molar-refractivity contribution in [1.82, 2.24) is 4.90 Å². The molecule has 2 aliphatic heterocycles. The summed E-state index contributed by atoms with van der Waals surface area (Å²) < 4.78 is 13.3. The molecule has 3 fully saturated rings. The highest BCUT2D eigenvalue weighted by Crippen LogP contribution is 2.53. The van der Waals surface area contributed by atoms with Gasteiger partial charge in [-0.25, -0.2) is 0 Å². The summed E-state index contributed by atoms with van der Waals surface area (Å²) in [6.45, 7) is 12.3. The molecule has 2 heterocycles. The minimum Gasteiger partial charge on any atom is -0.392 e. The fourth-order valence-electron chi connectivity index (χ4n) is 7.16. The number of aliphatic hydroxyl groups is 1. The van der Waals surface area contributed by atoms with E-state index < -0.39 is 6.29 Å². The summed E-state index contributed by atoms with van der Waals surface area (Å²) in [5.74, 6) is 0.204. The zero-order valence-electron chi connectivity index (χ0n) is 21.7. The minimum atomic E-state index is -0.417. The molecule has 2 aromatic carbocycles. The summed E-state index contributed by atoms with van der Waals surface area (Å²) in [5, 5.41) is 9.49. The Balaban J connectivity index is 1.41. The largest absolute Gasteiger partial charge is 0.392 e. The molecule has 2 saturated heterocycles. The molecule has 3 N–H and O–H groups in total. The van der Waals surface area contributed by atoms with Gasteiger partial charge >= 0.3 is 0 Å². The van der Waals surface area contributed by atoms with Crippen molar-refractivity contribution in [3.8, 4) is 0 Å². The number of fused-ring (bicyclic) bond motifs is 2. The van der Waals surface area contributed by atoms with E-state index in [2.05, 4.69) is 69.0 Å². The smallest absolute Gasteiger partial charge is 0.184 e. The minimum absolute atomic E-state index is 0.0503. The number of nitrogens with zero attached hydrogens (tertiary/aromatic N) is 1. The fraction of sp³-hybridized carbons (Fsp3) is 0.600. The van der Waals surface area contributed by atoms with Crippen molar-refractivity contribution < 1.29 is 14.6 Å². The quantitative estimate of drug-likeness (QED) is 0.587. The lowest BCUT2D eigenvalue weighted by Gasteiger charge is -2.43. The van der Waals surface area contributed by atoms with Crippen LogP contribution in [0, 0.1) is 16.7 Å². The Morgan fingerprint density at radius 3 is 2.26 bits per heavy atom. The van der Waals surface area contributed by atoms with Crippen molar-refractivity contribution in [2.24, 2.45) is 22.5 Å². The highest BCUT2D eigenvalue weighted by atomic mass is 16.7. The number of aliphatic hydroxyl groups excluding tert-OH is 1. The predicted octanol–water partition coefficient (Wildman–Crippen LogP) is 5.33. The number of hydrogen-bond acceptors (Lipinski definition) is 5. The summed E-state index contributed by atoms with van der Waals surface area (Å²) >= 11 is 0. The molecule has 0 aromatic heterocycles. The number of rotatable bonds is 6. The second-order valence-corrected chi connectivity index (χ2v) is 12.4. The van der Waals surface area contributed by atoms with Gasteiger partial charge in [-0.15, -0.1) is 0 Å². The van der Waals surface area contributed by atoms with E-state index in [4.69, 9.17) is 15.2 Å². The Morgan fingerprint density at radius 1 is 0.943 bits per heavy atom. The lowest BCUT2D eigenvalue weighted by molar-refractivity contribution is -0.276. The van der Waals surface area contributed by atoms with Crippen LogP contribution in [0.25, 0.3) is 0 Å². The fourth-order valence-corrected chi connectivity index (χ4v) is 7.16. The first kappa shape index (κ1) is 24.9. The molecule has 6 unspecified atom stereocenters. The first-order chi connectivity index (χ1) is 16.7. The van der Waals surface area contributed by atoms with Crippen LogP contribution < -0.4 is 5.73 Å². The lowest BCUT2D eigenvalue weighted by Crippen LogP contribution is -2.46. The molecule has 5 rings (SSSR count). The van der Waals surface area contributed by atoms with Crippen LogP contribution in [0.3, 0.4) is 0 Å². The molecule has 0 radical (unpaired) electrons. The summed E-state index contributed by atoms with van der Waals surface area (Å²) in [4.78, 5) is 2.71. The number of benzene rings is 2. The zero-order valence-corrected chi connectivity index (χ0v) is 21.7. The van der Waals surface area contributed by atoms with Gasteiger partial charge in [0.2, 0.25) is 0 Å². The van der Waals surface area contributed by atoms with Crippen molar-refractivity contribution in [2.45, 2.75) is 84.6 Å². The molecule has 35 heavy (non-hydrogen) atoms. The van der Waals surface area contributed by atoms with Crippen molar-refractivity contribution in [3.63, 3.8) is 0 Å². The Kier molecular flexibility index (Phi) is 6.84. The molecule has 6 atom stereocenters. The standard InChI is InChI=1S/C30H42N2O3/c1-20-26(16-32-19-30(4)14-25(32)13-29(2,3)18-30)34-28(24-11-5-21(15-31)6-12-24)35-27(20)23-9-7-22(17-33)8-10-23/h5-12,20,25-28,33H,13-19,31H2,1-4H3. The summed E-state index contributed by atoms with van der Waals surface area (Å²) in [6, 6.07) is 17.1. The maximum atomic E-state index is 9.49. The number of hydrogen-bond donors (Lipinski definition) is 2. The monoisotopic (exact) mass is 478 g/mol. The van der Waals surface area contributed by atoms with Gasteiger partial charge in [0.05, 0.1) is 18.8 Å². The first-order valence-electron chi connectivity index (χ1n) is 13.2. The number of nitrogens with two attached hydrogens (primary N) is 1. The molecule has 5 heteroatoms. The zero-order chi connectivity index (χ0) is 24.8. The average Bonchev–Trinajstić information content (AvgIpc) is 3.08. The molecule has 0 spiro atoms. The van der Waals surface area contributed by atoms with Crippen LogP contribution in [0.5, 0.6) is 0 Å². The van der Waals surface area contributed by atoms with Crippen LogP contribution in [0.15, 0.2) is 48.5 Å². The maximum Gasteiger partial charge on any atom is 0.184 e. The van der Waals surface area contributed by atoms with Gasteiger partial charge in [0.15, 0.2) is 6.29 Å². The van der Waals surface area contributed by atoms with Crippen LogP contribution >= 0.6 is 0 Å². The SMILES string of the molecule is CC1C(CN2CC3(C)CC2CC(C)(C)C3)OC(c2ccc(CN)cc2)OC1c1ccc(CO)cc1. The van der Waals surface area contributed by atoms with Crippen molar-refractivity contribution >= 4 is 0 Å². The third kappa shape index (κ3) is 5.21. The highest BCUT2D eigenvalue weighted by Gasteiger charge is 2.51. The van der Waals surface area contributed by atoms with Crippen LogP contribution in [0.4, 0.5) is 0 Å². The average molecular weight is 479 g/mol. The van der Waals surface area contributed by atoms with Crippen LogP contribution in [0.2, 0.25) is 0 Å². The van der Waals surface area contributed by atoms with Crippen molar-refractivity contribution in [2.75, 3.05) is 13.1 Å². The van der Waals surface area contributed by atoms with E-state index in [1.807, 2.05) is 12.1 Å². The van der Waals surface area contributed by atoms with Gasteiger partial charge in [0.1, 0.15) is 0 Å². The van der Waals surface area contributed by atoms with Gasteiger partial charge in [-0.2, -0.15) is 0 Å². The van der Waals surface area contributed by atoms with E-state index in [1.54, 1.807) is 0 Å². The van der Waals surface area contributed by atoms with Gasteiger partial charge in [0, 0.05) is 37.2 Å². The van der Waals surface area contributed by atoms with E-state index in [-0.39, 0.29) is 24.7 Å². The van der Waals surface area contributed by atoms with Gasteiger partial charge in [-0.05, 0) is 46.8 Å². The Morgan fingerprint density at radius 2 is 1.60 bits per heavy atom. The molecule has 0 amide bonds. The summed E-state index contributed by atoms with van der Waals surface area (Å²) in [7, 11) is 0. The maximum absolute atomic E-state index is 9.49. The van der Waals surface area contributed by atoms with Crippen molar-refractivity contribution in [3.05, 3.63) is 70.8 Å². The molecule has 5 nitrogen and oxygen atoms in total. The molecule has 190 valence electrons. The van der Waals surface area contributed by atoms with Crippen LogP contribution in [-0.4, -0.2) is 35.2 Å². The lowest BCUT2D eigenvalue weighted by atomic mass is 9.65. The third-order valence-corrected chi connectivity index (χ3v) is 8.55. The Labute approximate surface area is 210 Å². The molecular formula is C30H42N2O3. The Hall–Kier alpha value is -1.76. The molecule has 1 aliphatic carbocycles. The second kappa shape index (κ2) is 9.60. The van der Waals surface area contributed by atoms with Gasteiger partial charge < -0.3 is 20.3 Å². The van der Waals surface area contributed by atoms with Gasteiger partial charge in [-0.1, -0.05) is 76.2 Å². The normalized spacial score (nSPS) is 34.7. The first-order valence-corrected chi connectivity index (χ1v) is 13.2. The summed E-state index contributed by atoms with van der Waals surface area (Å²) in [6.07, 6.45) is 3.43. The van der Waals surface area contributed by atoms with Gasteiger partial charge in [0.25, 0.3) is 0 Å². The van der Waals surface area contributed by atoms with Crippen LogP contribution in [-0.2, 0) is 22.6 Å². The predicted molar refractivity (Wildman–Crippen MR) is 138 cm³/mol. The molecular weight excluding hydrogens is 436 g/mol. The Bertz CT molecular complexity index is 1010. The van der Waals surface area contributed by atoms with E-state index in [0.29, 0.717) is 23.4 Å². The highest BCUT2D eigenvalue weighted by molar-refractivity contribution is 5.27. The third-order valence-electron chi connectivity index (χ3n) is 8.55. The molecule has 2 bridgehead atoms. The van der Waals surface area contributed by atoms with Gasteiger partial charge in [-0.3, -0.25) is 4.90 Å². The van der Waals surface area contributed by atoms with E-state index in [9.17, 15) is 5.11 Å². The van der Waals surface area contributed by atoms with E-state index >= 15 is 0 Å². The van der Waals surface area contributed by atoms with Crippen molar-refractivity contribution in [1.29, 1.82) is 0 Å². The van der Waals surface area contributed by atoms with Crippen LogP contribution in [0.1, 0.15) is 81.6 Å². The van der Waals surface area contributed by atoms with E-state index in [1.165, 1.54) is 19.3 Å².